The highest BCUT2D eigenvalue weighted by atomic mass is 19.4. The molecule has 1 aromatic carbocycles. The molecule has 0 bridgehead atoms. The molecule has 0 heterocycles. The average molecular weight is 414 g/mol. The molecule has 3 N–H and O–H groups in total. The van der Waals surface area contributed by atoms with Crippen molar-refractivity contribution < 1.29 is 22.7 Å². The molecule has 1 saturated carbocycles. The van der Waals surface area contributed by atoms with Crippen LogP contribution in [0.4, 0.5) is 13.2 Å². The first-order valence-electron chi connectivity index (χ1n) is 9.80. The lowest BCUT2D eigenvalue weighted by atomic mass is 10.1. The maximum atomic E-state index is 12.5. The molecule has 0 aliphatic heterocycles. The summed E-state index contributed by atoms with van der Waals surface area (Å²) in [6.45, 7) is 1.09. The third kappa shape index (κ3) is 8.62. The number of rotatable bonds is 8. The number of carbonyl (C=O) groups is 1. The summed E-state index contributed by atoms with van der Waals surface area (Å²) in [6.07, 6.45) is 0.322. The van der Waals surface area contributed by atoms with Crippen LogP contribution in [-0.4, -0.2) is 44.3 Å². The Balaban J connectivity index is 1.80. The molecule has 1 aromatic rings. The molecule has 1 amide bonds. The second kappa shape index (κ2) is 10.9. The van der Waals surface area contributed by atoms with Gasteiger partial charge in [-0.3, -0.25) is 9.79 Å². The Labute approximate surface area is 169 Å². The van der Waals surface area contributed by atoms with E-state index in [-0.39, 0.29) is 24.2 Å². The van der Waals surface area contributed by atoms with E-state index < -0.39 is 12.8 Å². The first-order valence-corrected chi connectivity index (χ1v) is 9.80. The Morgan fingerprint density at radius 2 is 1.97 bits per heavy atom. The maximum absolute atomic E-state index is 12.5. The van der Waals surface area contributed by atoms with Gasteiger partial charge in [0.05, 0.1) is 0 Å². The lowest BCUT2D eigenvalue weighted by Gasteiger charge is -2.16. The van der Waals surface area contributed by atoms with E-state index in [4.69, 9.17) is 4.74 Å². The Morgan fingerprint density at radius 3 is 2.62 bits per heavy atom. The van der Waals surface area contributed by atoms with Crippen molar-refractivity contribution in [1.82, 2.24) is 16.0 Å². The molecule has 0 atom stereocenters. The predicted molar refractivity (Wildman–Crippen MR) is 106 cm³/mol. The van der Waals surface area contributed by atoms with Gasteiger partial charge in [0.15, 0.2) is 12.6 Å². The topological polar surface area (TPSA) is 74.8 Å². The summed E-state index contributed by atoms with van der Waals surface area (Å²) < 4.78 is 42.4. The number of benzene rings is 1. The molecule has 0 unspecified atom stereocenters. The van der Waals surface area contributed by atoms with Crippen molar-refractivity contribution in [3.63, 3.8) is 0 Å². The molecule has 1 aliphatic carbocycles. The molecular formula is C20H29F3N4O2. The highest BCUT2D eigenvalue weighted by Gasteiger charge is 2.28. The maximum Gasteiger partial charge on any atom is 0.422 e. The minimum Gasteiger partial charge on any atom is -0.484 e. The van der Waals surface area contributed by atoms with E-state index in [1.807, 2.05) is 0 Å². The van der Waals surface area contributed by atoms with Crippen LogP contribution in [-0.2, 0) is 11.3 Å². The molecule has 0 spiro atoms. The number of carbonyl (C=O) groups excluding carboxylic acids is 1. The van der Waals surface area contributed by atoms with Crippen LogP contribution in [0.25, 0.3) is 0 Å². The number of amides is 1. The van der Waals surface area contributed by atoms with Gasteiger partial charge in [0.1, 0.15) is 5.75 Å². The van der Waals surface area contributed by atoms with Gasteiger partial charge in [-0.2, -0.15) is 13.2 Å². The summed E-state index contributed by atoms with van der Waals surface area (Å²) in [5, 5.41) is 9.10. The van der Waals surface area contributed by atoms with Crippen molar-refractivity contribution in [3.8, 4) is 5.75 Å². The van der Waals surface area contributed by atoms with E-state index in [9.17, 15) is 18.0 Å². The molecule has 1 fully saturated rings. The first kappa shape index (κ1) is 22.8. The summed E-state index contributed by atoms with van der Waals surface area (Å²) in [5.41, 5.74) is 1.39. The van der Waals surface area contributed by atoms with Crippen LogP contribution in [0.3, 0.4) is 0 Å². The van der Waals surface area contributed by atoms with Gasteiger partial charge in [0.2, 0.25) is 5.91 Å². The number of halogens is 3. The standard InChI is InChI=1S/C20H29F3N4O2/c1-14-7-8-15(17(11-14)29-13-20(21,22)23)12-26-19(24-2)25-10-9-18(28)27-16-5-3-4-6-16/h7-8,11,16H,3-6,9-10,12-13H2,1-2H3,(H,27,28)(H2,24,25,26). The van der Waals surface area contributed by atoms with Gasteiger partial charge < -0.3 is 20.7 Å². The van der Waals surface area contributed by atoms with Crippen LogP contribution >= 0.6 is 0 Å². The second-order valence-corrected chi connectivity index (χ2v) is 7.17. The van der Waals surface area contributed by atoms with E-state index in [1.165, 1.54) is 0 Å². The third-order valence-corrected chi connectivity index (χ3v) is 4.65. The normalized spacial score (nSPS) is 15.3. The number of nitrogens with zero attached hydrogens (tertiary/aromatic N) is 1. The number of hydrogen-bond acceptors (Lipinski definition) is 3. The summed E-state index contributed by atoms with van der Waals surface area (Å²) >= 11 is 0. The highest BCUT2D eigenvalue weighted by molar-refractivity contribution is 5.81. The largest absolute Gasteiger partial charge is 0.484 e. The minimum atomic E-state index is -4.40. The number of ether oxygens (including phenoxy) is 1. The van der Waals surface area contributed by atoms with Gasteiger partial charge in [-0.25, -0.2) is 0 Å². The van der Waals surface area contributed by atoms with Gasteiger partial charge in [0, 0.05) is 38.2 Å². The average Bonchev–Trinajstić information content (AvgIpc) is 3.16. The lowest BCUT2D eigenvalue weighted by molar-refractivity contribution is -0.153. The van der Waals surface area contributed by atoms with E-state index in [1.54, 1.807) is 32.2 Å². The second-order valence-electron chi connectivity index (χ2n) is 7.17. The van der Waals surface area contributed by atoms with E-state index >= 15 is 0 Å². The molecule has 0 aromatic heterocycles. The molecule has 6 nitrogen and oxygen atoms in total. The molecule has 1 aliphatic rings. The predicted octanol–water partition coefficient (Wildman–Crippen LogP) is 3.05. The molecule has 0 radical (unpaired) electrons. The van der Waals surface area contributed by atoms with Crippen LogP contribution in [0.15, 0.2) is 23.2 Å². The van der Waals surface area contributed by atoms with Crippen molar-refractivity contribution in [1.29, 1.82) is 0 Å². The molecular weight excluding hydrogens is 385 g/mol. The third-order valence-electron chi connectivity index (χ3n) is 4.65. The van der Waals surface area contributed by atoms with Crippen LogP contribution < -0.4 is 20.7 Å². The van der Waals surface area contributed by atoms with Crippen LogP contribution in [0.1, 0.15) is 43.2 Å². The number of aryl methyl sites for hydroxylation is 1. The Hall–Kier alpha value is -2.45. The van der Waals surface area contributed by atoms with E-state index in [0.717, 1.165) is 31.2 Å². The molecule has 9 heteroatoms. The monoisotopic (exact) mass is 414 g/mol. The zero-order valence-electron chi connectivity index (χ0n) is 16.9. The van der Waals surface area contributed by atoms with Crippen molar-refractivity contribution in [2.75, 3.05) is 20.2 Å². The molecule has 29 heavy (non-hydrogen) atoms. The number of alkyl halides is 3. The lowest BCUT2D eigenvalue weighted by Crippen LogP contribution is -2.40. The molecule has 2 rings (SSSR count). The Morgan fingerprint density at radius 1 is 1.24 bits per heavy atom. The van der Waals surface area contributed by atoms with Crippen molar-refractivity contribution in [3.05, 3.63) is 29.3 Å². The van der Waals surface area contributed by atoms with Crippen LogP contribution in [0.5, 0.6) is 5.75 Å². The first-order chi connectivity index (χ1) is 13.8. The minimum absolute atomic E-state index is 0.00113. The summed E-state index contributed by atoms with van der Waals surface area (Å²) in [7, 11) is 1.59. The summed E-state index contributed by atoms with van der Waals surface area (Å²) in [4.78, 5) is 16.0. The van der Waals surface area contributed by atoms with E-state index in [2.05, 4.69) is 20.9 Å². The number of aliphatic imine (C=N–C) groups is 1. The van der Waals surface area contributed by atoms with Gasteiger partial charge in [-0.15, -0.1) is 0 Å². The van der Waals surface area contributed by atoms with Gasteiger partial charge in [-0.05, 0) is 31.4 Å². The smallest absolute Gasteiger partial charge is 0.422 e. The Kier molecular flexibility index (Phi) is 8.60. The zero-order chi connectivity index (χ0) is 21.3. The Bertz CT molecular complexity index is 701. The fourth-order valence-corrected chi connectivity index (χ4v) is 3.17. The van der Waals surface area contributed by atoms with Gasteiger partial charge in [-0.1, -0.05) is 25.0 Å². The highest BCUT2D eigenvalue weighted by Crippen LogP contribution is 2.23. The van der Waals surface area contributed by atoms with Crippen molar-refractivity contribution in [2.45, 2.75) is 57.8 Å². The van der Waals surface area contributed by atoms with Gasteiger partial charge in [0.25, 0.3) is 0 Å². The quantitative estimate of drug-likeness (QED) is 0.452. The SMILES string of the molecule is CN=C(NCCC(=O)NC1CCCC1)NCc1ccc(C)cc1OCC(F)(F)F. The van der Waals surface area contributed by atoms with Crippen molar-refractivity contribution >= 4 is 11.9 Å². The molecule has 162 valence electrons. The van der Waals surface area contributed by atoms with Crippen LogP contribution in [0.2, 0.25) is 0 Å². The van der Waals surface area contributed by atoms with E-state index in [0.29, 0.717) is 24.5 Å². The number of hydrogen-bond donors (Lipinski definition) is 3. The van der Waals surface area contributed by atoms with Gasteiger partial charge >= 0.3 is 6.18 Å². The number of guanidine groups is 1. The summed E-state index contributed by atoms with van der Waals surface area (Å²) in [6, 6.07) is 5.39. The number of nitrogens with one attached hydrogen (secondary N) is 3. The van der Waals surface area contributed by atoms with Crippen molar-refractivity contribution in [2.24, 2.45) is 4.99 Å². The molecule has 0 saturated heterocycles. The van der Waals surface area contributed by atoms with Crippen LogP contribution in [0, 0.1) is 6.92 Å². The zero-order valence-corrected chi connectivity index (χ0v) is 16.9. The summed E-state index contributed by atoms with van der Waals surface area (Å²) in [5.74, 6) is 0.642. The fraction of sp³-hybridized carbons (Fsp3) is 0.600. The fourth-order valence-electron chi connectivity index (χ4n) is 3.17.